The van der Waals surface area contributed by atoms with Crippen LogP contribution in [-0.2, 0) is 16.1 Å². The van der Waals surface area contributed by atoms with E-state index in [2.05, 4.69) is 35.0 Å². The van der Waals surface area contributed by atoms with E-state index < -0.39 is 0 Å². The van der Waals surface area contributed by atoms with Crippen molar-refractivity contribution in [1.82, 2.24) is 0 Å². The smallest absolute Gasteiger partial charge is 0.158 e. The molecule has 0 N–H and O–H groups in total. The molecule has 0 spiro atoms. The van der Waals surface area contributed by atoms with Crippen molar-refractivity contribution < 1.29 is 9.53 Å². The van der Waals surface area contributed by atoms with Gasteiger partial charge in [0.15, 0.2) is 5.78 Å². The van der Waals surface area contributed by atoms with Crippen LogP contribution in [0, 0.1) is 5.92 Å². The molecular formula is C17H21BrO2. The first-order valence-corrected chi connectivity index (χ1v) is 8.11. The quantitative estimate of drug-likeness (QED) is 0.750. The molecule has 1 aliphatic carbocycles. The van der Waals surface area contributed by atoms with Crippen LogP contribution in [0.3, 0.4) is 0 Å². The highest BCUT2D eigenvalue weighted by molar-refractivity contribution is 9.09. The summed E-state index contributed by atoms with van der Waals surface area (Å²) in [7, 11) is 0. The Hall–Kier alpha value is -0.930. The van der Waals surface area contributed by atoms with Crippen molar-refractivity contribution in [3.63, 3.8) is 0 Å². The molecule has 0 aromatic heterocycles. The summed E-state index contributed by atoms with van der Waals surface area (Å²) in [6.45, 7) is 4.57. The van der Waals surface area contributed by atoms with E-state index in [4.69, 9.17) is 4.74 Å². The Bertz CT molecular complexity index is 495. The van der Waals surface area contributed by atoms with Crippen molar-refractivity contribution in [3.05, 3.63) is 47.5 Å². The van der Waals surface area contributed by atoms with Crippen LogP contribution in [0.4, 0.5) is 0 Å². The number of carbonyl (C=O) groups is 1. The normalized spacial score (nSPS) is 22.2. The van der Waals surface area contributed by atoms with Crippen LogP contribution >= 0.6 is 15.9 Å². The number of ketones is 1. The number of benzene rings is 1. The summed E-state index contributed by atoms with van der Waals surface area (Å²) in [5.41, 5.74) is 1.73. The molecule has 2 nitrogen and oxygen atoms in total. The molecule has 0 radical (unpaired) electrons. The molecule has 0 saturated carbocycles. The summed E-state index contributed by atoms with van der Waals surface area (Å²) in [6, 6.07) is 10.1. The summed E-state index contributed by atoms with van der Waals surface area (Å²) in [5, 5.41) is 0.734. The Balaban J connectivity index is 2.04. The summed E-state index contributed by atoms with van der Waals surface area (Å²) < 4.78 is 6.16. The van der Waals surface area contributed by atoms with Crippen molar-refractivity contribution in [3.8, 4) is 0 Å². The maximum absolute atomic E-state index is 11.9. The van der Waals surface area contributed by atoms with Gasteiger partial charge in [-0.15, -0.1) is 0 Å². The van der Waals surface area contributed by atoms with E-state index in [-0.39, 0.29) is 17.3 Å². The molecule has 0 fully saturated rings. The van der Waals surface area contributed by atoms with Crippen molar-refractivity contribution >= 4 is 21.7 Å². The van der Waals surface area contributed by atoms with Crippen LogP contribution in [-0.4, -0.2) is 16.7 Å². The molecule has 108 valence electrons. The molecule has 2 unspecified atom stereocenters. The van der Waals surface area contributed by atoms with Crippen LogP contribution in [0.1, 0.15) is 32.3 Å². The highest BCUT2D eigenvalue weighted by Crippen LogP contribution is 2.35. The van der Waals surface area contributed by atoms with Gasteiger partial charge in [0.2, 0.25) is 0 Å². The molecule has 0 heterocycles. The van der Waals surface area contributed by atoms with Gasteiger partial charge in [-0.25, -0.2) is 0 Å². The zero-order chi connectivity index (χ0) is 14.6. The van der Waals surface area contributed by atoms with Gasteiger partial charge >= 0.3 is 0 Å². The lowest BCUT2D eigenvalue weighted by Crippen LogP contribution is -2.41. The molecule has 3 heteroatoms. The number of carbonyl (C=O) groups excluding carboxylic acids is 1. The number of Topliss-reactive ketones (excluding diaryl/α,β-unsaturated/α-hetero) is 1. The van der Waals surface area contributed by atoms with Gasteiger partial charge in [-0.05, 0) is 37.3 Å². The summed E-state index contributed by atoms with van der Waals surface area (Å²) in [4.78, 5) is 11.9. The highest BCUT2D eigenvalue weighted by Gasteiger charge is 2.37. The molecule has 20 heavy (non-hydrogen) atoms. The molecule has 0 bridgehead atoms. The fourth-order valence-corrected chi connectivity index (χ4v) is 3.07. The van der Waals surface area contributed by atoms with Gasteiger partial charge in [0.05, 0.1) is 12.2 Å². The van der Waals surface area contributed by atoms with Crippen molar-refractivity contribution in [2.75, 3.05) is 5.33 Å². The van der Waals surface area contributed by atoms with E-state index in [0.29, 0.717) is 13.0 Å². The van der Waals surface area contributed by atoms with Gasteiger partial charge in [0.1, 0.15) is 0 Å². The second-order valence-corrected chi connectivity index (χ2v) is 6.23. The Labute approximate surface area is 129 Å². The largest absolute Gasteiger partial charge is 0.369 e. The van der Waals surface area contributed by atoms with E-state index in [1.165, 1.54) is 0 Å². The van der Waals surface area contributed by atoms with Crippen LogP contribution in [0.15, 0.2) is 42.0 Å². The minimum absolute atomic E-state index is 0.238. The molecule has 2 atom stereocenters. The Morgan fingerprint density at radius 3 is 2.65 bits per heavy atom. The number of allylic oxidation sites excluding steroid dienone is 2. The van der Waals surface area contributed by atoms with Gasteiger partial charge < -0.3 is 4.74 Å². The molecule has 0 saturated heterocycles. The number of hydrogen-bond acceptors (Lipinski definition) is 2. The Morgan fingerprint density at radius 1 is 1.35 bits per heavy atom. The third-order valence-electron chi connectivity index (χ3n) is 4.12. The minimum atomic E-state index is -0.317. The van der Waals surface area contributed by atoms with Gasteiger partial charge in [-0.1, -0.05) is 52.3 Å². The monoisotopic (exact) mass is 336 g/mol. The molecule has 2 rings (SSSR count). The van der Waals surface area contributed by atoms with Gasteiger partial charge in [-0.2, -0.15) is 0 Å². The summed E-state index contributed by atoms with van der Waals surface area (Å²) in [6.07, 6.45) is 3.54. The van der Waals surface area contributed by atoms with Crippen LogP contribution in [0.25, 0.3) is 0 Å². The predicted molar refractivity (Wildman–Crippen MR) is 84.9 cm³/mol. The zero-order valence-electron chi connectivity index (χ0n) is 12.1. The van der Waals surface area contributed by atoms with Crippen molar-refractivity contribution in [1.29, 1.82) is 0 Å². The molecule has 0 aliphatic heterocycles. The maximum Gasteiger partial charge on any atom is 0.158 e. The Kier molecular flexibility index (Phi) is 5.17. The lowest BCUT2D eigenvalue weighted by atomic mass is 9.79. The number of rotatable bonds is 5. The molecule has 1 aromatic rings. The first-order valence-electron chi connectivity index (χ1n) is 6.99. The first kappa shape index (κ1) is 15.5. The minimum Gasteiger partial charge on any atom is -0.369 e. The van der Waals surface area contributed by atoms with Gasteiger partial charge in [0, 0.05) is 11.8 Å². The van der Waals surface area contributed by atoms with Crippen molar-refractivity contribution in [2.45, 2.75) is 38.9 Å². The van der Waals surface area contributed by atoms with E-state index in [1.807, 2.05) is 31.2 Å². The predicted octanol–water partition coefficient (Wildman–Crippen LogP) is 4.28. The molecule has 1 aliphatic rings. The second kappa shape index (κ2) is 6.68. The number of hydrogen-bond donors (Lipinski definition) is 0. The van der Waals surface area contributed by atoms with E-state index in [1.54, 1.807) is 0 Å². The topological polar surface area (TPSA) is 26.3 Å². The lowest BCUT2D eigenvalue weighted by molar-refractivity contribution is -0.122. The number of ether oxygens (including phenoxy) is 1. The second-order valence-electron chi connectivity index (χ2n) is 5.67. The SMILES string of the molecule is CC1=CCC(C(C)(CBr)OCc2ccccc2)CC1=O. The molecule has 1 aromatic carbocycles. The van der Waals surface area contributed by atoms with Gasteiger partial charge in [-0.3, -0.25) is 4.79 Å². The third kappa shape index (κ3) is 3.58. The van der Waals surface area contributed by atoms with E-state index in [9.17, 15) is 4.79 Å². The lowest BCUT2D eigenvalue weighted by Gasteiger charge is -2.37. The average Bonchev–Trinajstić information content (AvgIpc) is 2.48. The fraction of sp³-hybridized carbons (Fsp3) is 0.471. The molecular weight excluding hydrogens is 316 g/mol. The van der Waals surface area contributed by atoms with E-state index >= 15 is 0 Å². The Morgan fingerprint density at radius 2 is 2.05 bits per heavy atom. The van der Waals surface area contributed by atoms with Crippen LogP contribution in [0.5, 0.6) is 0 Å². The summed E-state index contributed by atoms with van der Waals surface area (Å²) in [5.74, 6) is 0.485. The van der Waals surface area contributed by atoms with Crippen molar-refractivity contribution in [2.24, 2.45) is 5.92 Å². The first-order chi connectivity index (χ1) is 9.55. The van der Waals surface area contributed by atoms with Gasteiger partial charge in [0.25, 0.3) is 0 Å². The standard InChI is InChI=1S/C17H21BrO2/c1-13-8-9-15(10-16(13)19)17(2,12-18)20-11-14-6-4-3-5-7-14/h3-8,15H,9-12H2,1-2H3. The zero-order valence-corrected chi connectivity index (χ0v) is 13.7. The van der Waals surface area contributed by atoms with Crippen LogP contribution in [0.2, 0.25) is 0 Å². The van der Waals surface area contributed by atoms with Crippen LogP contribution < -0.4 is 0 Å². The highest BCUT2D eigenvalue weighted by atomic mass is 79.9. The fourth-order valence-electron chi connectivity index (χ4n) is 2.45. The maximum atomic E-state index is 11.9. The van der Waals surface area contributed by atoms with E-state index in [0.717, 1.165) is 22.9 Å². The molecule has 0 amide bonds. The summed E-state index contributed by atoms with van der Waals surface area (Å²) >= 11 is 3.56. The number of alkyl halides is 1. The third-order valence-corrected chi connectivity index (χ3v) is 5.23. The number of halogens is 1. The average molecular weight is 337 g/mol.